The first-order valence-electron chi connectivity index (χ1n) is 6.76. The largest absolute Gasteiger partial charge is 0.497 e. The number of hydrogen-bond acceptors (Lipinski definition) is 4. The first-order chi connectivity index (χ1) is 10.3. The van der Waals surface area contributed by atoms with Crippen molar-refractivity contribution in [1.29, 1.82) is 5.26 Å². The van der Waals surface area contributed by atoms with Gasteiger partial charge in [0.05, 0.1) is 19.3 Å². The highest BCUT2D eigenvalue weighted by atomic mass is 16.5. The van der Waals surface area contributed by atoms with E-state index in [1.165, 1.54) is 0 Å². The minimum atomic E-state index is 0.445. The molecule has 2 aromatic carbocycles. The van der Waals surface area contributed by atoms with Crippen molar-refractivity contribution in [2.24, 2.45) is 0 Å². The lowest BCUT2D eigenvalue weighted by Gasteiger charge is -2.13. The van der Waals surface area contributed by atoms with Crippen LogP contribution in [0.25, 0.3) is 0 Å². The van der Waals surface area contributed by atoms with Crippen molar-refractivity contribution in [3.05, 3.63) is 48.0 Å². The van der Waals surface area contributed by atoms with Crippen molar-refractivity contribution in [3.8, 4) is 29.1 Å². The third kappa shape index (κ3) is 3.67. The molecule has 0 N–H and O–H groups in total. The van der Waals surface area contributed by atoms with Crippen LogP contribution in [0, 0.1) is 11.3 Å². The fourth-order valence-electron chi connectivity index (χ4n) is 1.79. The van der Waals surface area contributed by atoms with E-state index in [0.717, 1.165) is 6.42 Å². The number of nitrogens with zero attached hydrogens (tertiary/aromatic N) is 1. The highest BCUT2D eigenvalue weighted by molar-refractivity contribution is 5.51. The van der Waals surface area contributed by atoms with E-state index in [2.05, 4.69) is 6.07 Å². The van der Waals surface area contributed by atoms with Crippen molar-refractivity contribution in [2.45, 2.75) is 13.3 Å². The minimum absolute atomic E-state index is 0.445. The zero-order chi connectivity index (χ0) is 15.1. The van der Waals surface area contributed by atoms with Crippen molar-refractivity contribution in [1.82, 2.24) is 0 Å². The SMILES string of the molecule is CCCOc1ccccc1Oc1cc(OC)ccc1C#N. The summed E-state index contributed by atoms with van der Waals surface area (Å²) in [7, 11) is 1.57. The van der Waals surface area contributed by atoms with Crippen LogP contribution in [0.1, 0.15) is 18.9 Å². The Hall–Kier alpha value is -2.67. The average Bonchev–Trinajstić information content (AvgIpc) is 2.54. The summed E-state index contributed by atoms with van der Waals surface area (Å²) in [5, 5.41) is 9.17. The smallest absolute Gasteiger partial charge is 0.169 e. The Morgan fingerprint density at radius 3 is 2.48 bits per heavy atom. The predicted octanol–water partition coefficient (Wildman–Crippen LogP) is 4.15. The van der Waals surface area contributed by atoms with Crippen molar-refractivity contribution < 1.29 is 14.2 Å². The topological polar surface area (TPSA) is 51.5 Å². The van der Waals surface area contributed by atoms with Crippen LogP contribution in [-0.2, 0) is 0 Å². The molecule has 4 nitrogen and oxygen atoms in total. The molecule has 0 radical (unpaired) electrons. The van der Waals surface area contributed by atoms with Crippen LogP contribution >= 0.6 is 0 Å². The maximum Gasteiger partial charge on any atom is 0.169 e. The normalized spacial score (nSPS) is 9.76. The lowest BCUT2D eigenvalue weighted by Crippen LogP contribution is -1.98. The average molecular weight is 283 g/mol. The van der Waals surface area contributed by atoms with Crippen LogP contribution < -0.4 is 14.2 Å². The number of benzene rings is 2. The van der Waals surface area contributed by atoms with Crippen LogP contribution in [0.15, 0.2) is 42.5 Å². The van der Waals surface area contributed by atoms with Gasteiger partial charge in [-0.25, -0.2) is 0 Å². The molecule has 0 heterocycles. The minimum Gasteiger partial charge on any atom is -0.497 e. The van der Waals surface area contributed by atoms with Gasteiger partial charge < -0.3 is 14.2 Å². The fraction of sp³-hybridized carbons (Fsp3) is 0.235. The van der Waals surface area contributed by atoms with E-state index in [9.17, 15) is 0 Å². The summed E-state index contributed by atoms with van der Waals surface area (Å²) in [5.74, 6) is 2.32. The number of nitriles is 1. The molecule has 0 saturated heterocycles. The summed E-state index contributed by atoms with van der Waals surface area (Å²) < 4.78 is 16.7. The van der Waals surface area contributed by atoms with E-state index in [1.54, 1.807) is 25.3 Å². The van der Waals surface area contributed by atoms with E-state index in [0.29, 0.717) is 35.2 Å². The van der Waals surface area contributed by atoms with Gasteiger partial charge in [-0.05, 0) is 30.7 Å². The zero-order valence-corrected chi connectivity index (χ0v) is 12.1. The second kappa shape index (κ2) is 7.20. The third-order valence-electron chi connectivity index (χ3n) is 2.84. The number of rotatable bonds is 6. The Morgan fingerprint density at radius 2 is 1.81 bits per heavy atom. The maximum absolute atomic E-state index is 9.17. The van der Waals surface area contributed by atoms with Crippen molar-refractivity contribution in [3.63, 3.8) is 0 Å². The molecule has 21 heavy (non-hydrogen) atoms. The summed E-state index contributed by atoms with van der Waals surface area (Å²) in [6.07, 6.45) is 0.914. The van der Waals surface area contributed by atoms with Crippen LogP contribution in [0.5, 0.6) is 23.0 Å². The molecule has 2 aromatic rings. The van der Waals surface area contributed by atoms with E-state index in [4.69, 9.17) is 19.5 Å². The molecule has 0 atom stereocenters. The molecule has 0 aliphatic carbocycles. The van der Waals surface area contributed by atoms with Gasteiger partial charge in [0.25, 0.3) is 0 Å². The Labute approximate surface area is 124 Å². The molecule has 108 valence electrons. The van der Waals surface area contributed by atoms with E-state index in [1.807, 2.05) is 31.2 Å². The molecular weight excluding hydrogens is 266 g/mol. The molecule has 0 aliphatic heterocycles. The maximum atomic E-state index is 9.17. The highest BCUT2D eigenvalue weighted by Gasteiger charge is 2.10. The lowest BCUT2D eigenvalue weighted by atomic mass is 10.2. The van der Waals surface area contributed by atoms with Gasteiger partial charge in [-0.2, -0.15) is 5.26 Å². The van der Waals surface area contributed by atoms with Gasteiger partial charge in [0.15, 0.2) is 11.5 Å². The molecule has 0 amide bonds. The van der Waals surface area contributed by atoms with Crippen molar-refractivity contribution in [2.75, 3.05) is 13.7 Å². The number of para-hydroxylation sites is 2. The predicted molar refractivity (Wildman–Crippen MR) is 80.0 cm³/mol. The molecule has 2 rings (SSSR count). The standard InChI is InChI=1S/C17H17NO3/c1-3-10-20-15-6-4-5-7-16(15)21-17-11-14(19-2)9-8-13(17)12-18/h4-9,11H,3,10H2,1-2H3. The molecular formula is C17H17NO3. The molecule has 0 aliphatic rings. The van der Waals surface area contributed by atoms with E-state index < -0.39 is 0 Å². The Kier molecular flexibility index (Phi) is 5.05. The monoisotopic (exact) mass is 283 g/mol. The van der Waals surface area contributed by atoms with Gasteiger partial charge in [-0.15, -0.1) is 0 Å². The molecule has 4 heteroatoms. The second-order valence-electron chi connectivity index (χ2n) is 4.37. The van der Waals surface area contributed by atoms with Crippen LogP contribution in [0.2, 0.25) is 0 Å². The highest BCUT2D eigenvalue weighted by Crippen LogP contribution is 2.34. The summed E-state index contributed by atoms with van der Waals surface area (Å²) >= 11 is 0. The third-order valence-corrected chi connectivity index (χ3v) is 2.84. The summed E-state index contributed by atoms with van der Waals surface area (Å²) in [5.41, 5.74) is 0.445. The van der Waals surface area contributed by atoms with Gasteiger partial charge in [0, 0.05) is 6.07 Å². The Morgan fingerprint density at radius 1 is 1.05 bits per heavy atom. The van der Waals surface area contributed by atoms with E-state index >= 15 is 0 Å². The molecule has 0 fully saturated rings. The zero-order valence-electron chi connectivity index (χ0n) is 12.1. The van der Waals surface area contributed by atoms with Gasteiger partial charge in [0.1, 0.15) is 17.6 Å². The fourth-order valence-corrected chi connectivity index (χ4v) is 1.79. The lowest BCUT2D eigenvalue weighted by molar-refractivity contribution is 0.302. The van der Waals surface area contributed by atoms with Crippen LogP contribution in [0.4, 0.5) is 0 Å². The molecule has 0 spiro atoms. The van der Waals surface area contributed by atoms with Crippen LogP contribution in [-0.4, -0.2) is 13.7 Å². The molecule has 0 saturated carbocycles. The van der Waals surface area contributed by atoms with Crippen molar-refractivity contribution >= 4 is 0 Å². The number of ether oxygens (including phenoxy) is 3. The van der Waals surface area contributed by atoms with Crippen LogP contribution in [0.3, 0.4) is 0 Å². The van der Waals surface area contributed by atoms with Gasteiger partial charge in [-0.3, -0.25) is 0 Å². The first kappa shape index (κ1) is 14.7. The van der Waals surface area contributed by atoms with E-state index in [-0.39, 0.29) is 0 Å². The number of hydrogen-bond donors (Lipinski definition) is 0. The molecule has 0 bridgehead atoms. The number of methoxy groups -OCH3 is 1. The Bertz CT molecular complexity index is 647. The quantitative estimate of drug-likeness (QED) is 0.799. The summed E-state index contributed by atoms with van der Waals surface area (Å²) in [6, 6.07) is 14.6. The van der Waals surface area contributed by atoms with Gasteiger partial charge in [0.2, 0.25) is 0 Å². The van der Waals surface area contributed by atoms with Gasteiger partial charge >= 0.3 is 0 Å². The summed E-state index contributed by atoms with van der Waals surface area (Å²) in [6.45, 7) is 2.66. The molecule has 0 unspecified atom stereocenters. The second-order valence-corrected chi connectivity index (χ2v) is 4.37. The Balaban J connectivity index is 2.31. The summed E-state index contributed by atoms with van der Waals surface area (Å²) in [4.78, 5) is 0. The van der Waals surface area contributed by atoms with Gasteiger partial charge in [-0.1, -0.05) is 19.1 Å². The molecule has 0 aromatic heterocycles. The first-order valence-corrected chi connectivity index (χ1v) is 6.76.